The number of para-hydroxylation sites is 2. The number of nitrogens with zero attached hydrogens (tertiary/aromatic N) is 1. The van der Waals surface area contributed by atoms with Gasteiger partial charge in [0.15, 0.2) is 6.61 Å². The first kappa shape index (κ1) is 21.1. The third-order valence-electron chi connectivity index (χ3n) is 4.27. The number of nitrogens with one attached hydrogen (secondary N) is 1. The molecule has 1 N–H and O–H groups in total. The zero-order valence-electron chi connectivity index (χ0n) is 16.2. The lowest BCUT2D eigenvalue weighted by molar-refractivity contribution is -0.121. The molecule has 8 heteroatoms. The van der Waals surface area contributed by atoms with Crippen molar-refractivity contribution in [1.82, 2.24) is 0 Å². The summed E-state index contributed by atoms with van der Waals surface area (Å²) >= 11 is 0. The van der Waals surface area contributed by atoms with Gasteiger partial charge in [0.2, 0.25) is 0 Å². The minimum absolute atomic E-state index is 0.00258. The molecule has 3 aromatic carbocycles. The van der Waals surface area contributed by atoms with Crippen molar-refractivity contribution in [3.8, 4) is 0 Å². The molecule has 3 aromatic rings. The number of anilines is 2. The van der Waals surface area contributed by atoms with E-state index < -0.39 is 22.6 Å². The summed E-state index contributed by atoms with van der Waals surface area (Å²) in [5.41, 5.74) is 1.25. The minimum Gasteiger partial charge on any atom is -0.452 e. The molecule has 30 heavy (non-hydrogen) atoms. The normalized spacial score (nSPS) is 10.8. The van der Waals surface area contributed by atoms with Crippen LogP contribution >= 0.6 is 0 Å². The zero-order valence-corrected chi connectivity index (χ0v) is 17.0. The monoisotopic (exact) mass is 424 g/mol. The Morgan fingerprint density at radius 1 is 0.867 bits per heavy atom. The number of rotatable bonds is 7. The maximum absolute atomic E-state index is 12.4. The highest BCUT2D eigenvalue weighted by molar-refractivity contribution is 7.92. The average molecular weight is 424 g/mol. The van der Waals surface area contributed by atoms with E-state index in [-0.39, 0.29) is 16.4 Å². The number of ether oxygens (including phenoxy) is 1. The lowest BCUT2D eigenvalue weighted by atomic mass is 10.2. The van der Waals surface area contributed by atoms with Gasteiger partial charge in [-0.25, -0.2) is 13.2 Å². The van der Waals surface area contributed by atoms with Crippen LogP contribution in [-0.2, 0) is 19.6 Å². The highest BCUT2D eigenvalue weighted by Gasteiger charge is 2.17. The van der Waals surface area contributed by atoms with E-state index in [1.807, 2.05) is 6.07 Å². The summed E-state index contributed by atoms with van der Waals surface area (Å²) in [6.07, 6.45) is 0. The Bertz CT molecular complexity index is 1120. The number of benzene rings is 3. The lowest BCUT2D eigenvalue weighted by Crippen LogP contribution is -2.31. The van der Waals surface area contributed by atoms with E-state index in [1.54, 1.807) is 61.6 Å². The van der Waals surface area contributed by atoms with Crippen LogP contribution in [0.3, 0.4) is 0 Å². The van der Waals surface area contributed by atoms with Gasteiger partial charge in [-0.1, -0.05) is 36.4 Å². The molecule has 1 amide bonds. The Hall–Kier alpha value is -3.65. The minimum atomic E-state index is -3.79. The van der Waals surface area contributed by atoms with Crippen LogP contribution in [0.2, 0.25) is 0 Å². The van der Waals surface area contributed by atoms with E-state index in [0.29, 0.717) is 11.4 Å². The van der Waals surface area contributed by atoms with E-state index in [2.05, 4.69) is 4.72 Å². The van der Waals surface area contributed by atoms with E-state index in [0.717, 1.165) is 0 Å². The summed E-state index contributed by atoms with van der Waals surface area (Å²) in [5, 5.41) is 0. The van der Waals surface area contributed by atoms with Crippen LogP contribution in [-0.4, -0.2) is 33.9 Å². The number of likely N-dealkylation sites (N-methyl/N-ethyl adjacent to an activating group) is 1. The molecule has 0 saturated heterocycles. The molecular formula is C22H20N2O5S. The molecule has 0 bridgehead atoms. The second-order valence-electron chi connectivity index (χ2n) is 6.36. The van der Waals surface area contributed by atoms with Crippen molar-refractivity contribution >= 4 is 33.3 Å². The van der Waals surface area contributed by atoms with Crippen molar-refractivity contribution < 1.29 is 22.7 Å². The number of hydrogen-bond donors (Lipinski definition) is 1. The zero-order chi connectivity index (χ0) is 21.6. The molecule has 0 unspecified atom stereocenters. The van der Waals surface area contributed by atoms with E-state index in [9.17, 15) is 18.0 Å². The van der Waals surface area contributed by atoms with Gasteiger partial charge in [-0.2, -0.15) is 0 Å². The number of sulfonamides is 1. The van der Waals surface area contributed by atoms with Crippen LogP contribution in [0.5, 0.6) is 0 Å². The fourth-order valence-corrected chi connectivity index (χ4v) is 3.65. The molecular weight excluding hydrogens is 404 g/mol. The molecule has 0 radical (unpaired) electrons. The van der Waals surface area contributed by atoms with Gasteiger partial charge in [0.25, 0.3) is 15.9 Å². The largest absolute Gasteiger partial charge is 0.452 e. The fraction of sp³-hybridized carbons (Fsp3) is 0.0909. The Labute approximate surface area is 175 Å². The van der Waals surface area contributed by atoms with Crippen LogP contribution in [0, 0.1) is 0 Å². The van der Waals surface area contributed by atoms with Crippen LogP contribution in [0.1, 0.15) is 10.4 Å². The second-order valence-corrected chi connectivity index (χ2v) is 8.04. The van der Waals surface area contributed by atoms with Crippen molar-refractivity contribution in [3.05, 3.63) is 90.5 Å². The number of carbonyl (C=O) groups is 2. The predicted molar refractivity (Wildman–Crippen MR) is 114 cm³/mol. The summed E-state index contributed by atoms with van der Waals surface area (Å²) in [6, 6.07) is 22.7. The highest BCUT2D eigenvalue weighted by atomic mass is 32.2. The summed E-state index contributed by atoms with van der Waals surface area (Å²) < 4.78 is 32.4. The van der Waals surface area contributed by atoms with Crippen LogP contribution in [0.25, 0.3) is 0 Å². The molecule has 0 heterocycles. The van der Waals surface area contributed by atoms with Crippen LogP contribution in [0.15, 0.2) is 89.8 Å². The smallest absolute Gasteiger partial charge is 0.338 e. The Morgan fingerprint density at radius 2 is 1.43 bits per heavy atom. The van der Waals surface area contributed by atoms with Gasteiger partial charge >= 0.3 is 5.97 Å². The van der Waals surface area contributed by atoms with Gasteiger partial charge in [0.1, 0.15) is 0 Å². The third kappa shape index (κ3) is 5.24. The third-order valence-corrected chi connectivity index (χ3v) is 5.67. The fourth-order valence-electron chi connectivity index (χ4n) is 2.59. The van der Waals surface area contributed by atoms with Crippen molar-refractivity contribution in [2.75, 3.05) is 23.3 Å². The Morgan fingerprint density at radius 3 is 2.03 bits per heavy atom. The predicted octanol–water partition coefficient (Wildman–Crippen LogP) is 3.31. The average Bonchev–Trinajstić information content (AvgIpc) is 2.77. The topological polar surface area (TPSA) is 92.8 Å². The number of hydrogen-bond acceptors (Lipinski definition) is 5. The van der Waals surface area contributed by atoms with Crippen LogP contribution < -0.4 is 9.62 Å². The molecule has 3 rings (SSSR count). The molecule has 0 atom stereocenters. The first-order valence-corrected chi connectivity index (χ1v) is 10.5. The van der Waals surface area contributed by atoms with Gasteiger partial charge < -0.3 is 9.64 Å². The van der Waals surface area contributed by atoms with Gasteiger partial charge in [-0.15, -0.1) is 0 Å². The molecule has 0 aromatic heterocycles. The van der Waals surface area contributed by atoms with E-state index >= 15 is 0 Å². The molecule has 0 aliphatic heterocycles. The maximum atomic E-state index is 12.4. The highest BCUT2D eigenvalue weighted by Crippen LogP contribution is 2.17. The summed E-state index contributed by atoms with van der Waals surface area (Å²) in [4.78, 5) is 25.8. The molecule has 0 fully saturated rings. The van der Waals surface area contributed by atoms with Gasteiger partial charge in [-0.3, -0.25) is 9.52 Å². The maximum Gasteiger partial charge on any atom is 0.338 e. The van der Waals surface area contributed by atoms with Crippen molar-refractivity contribution in [1.29, 1.82) is 0 Å². The second kappa shape index (κ2) is 9.23. The SMILES string of the molecule is CN(C(=O)COC(=O)c1ccc(S(=O)(=O)Nc2ccccc2)cc1)c1ccccc1. The quantitative estimate of drug-likeness (QED) is 0.588. The first-order chi connectivity index (χ1) is 14.4. The Kier molecular flexibility index (Phi) is 6.48. The summed E-state index contributed by atoms with van der Waals surface area (Å²) in [5.74, 6) is -1.11. The first-order valence-electron chi connectivity index (χ1n) is 9.03. The Balaban J connectivity index is 1.60. The summed E-state index contributed by atoms with van der Waals surface area (Å²) in [6.45, 7) is -0.431. The molecule has 0 aliphatic carbocycles. The molecule has 154 valence electrons. The summed E-state index contributed by atoms with van der Waals surface area (Å²) in [7, 11) is -2.20. The van der Waals surface area contributed by atoms with Crippen LogP contribution in [0.4, 0.5) is 11.4 Å². The van der Waals surface area contributed by atoms with E-state index in [1.165, 1.54) is 29.2 Å². The van der Waals surface area contributed by atoms with E-state index in [4.69, 9.17) is 4.74 Å². The van der Waals surface area contributed by atoms with Gasteiger partial charge in [0, 0.05) is 18.4 Å². The number of carbonyl (C=O) groups excluding carboxylic acids is 2. The van der Waals surface area contributed by atoms with Crippen molar-refractivity contribution in [3.63, 3.8) is 0 Å². The van der Waals surface area contributed by atoms with Crippen molar-refractivity contribution in [2.24, 2.45) is 0 Å². The van der Waals surface area contributed by atoms with Crippen molar-refractivity contribution in [2.45, 2.75) is 4.90 Å². The molecule has 0 saturated carbocycles. The number of esters is 1. The molecule has 0 aliphatic rings. The number of amides is 1. The van der Waals surface area contributed by atoms with Gasteiger partial charge in [-0.05, 0) is 48.5 Å². The molecule has 0 spiro atoms. The molecule has 7 nitrogen and oxygen atoms in total. The lowest BCUT2D eigenvalue weighted by Gasteiger charge is -2.17. The standard InChI is InChI=1S/C22H20N2O5S/c1-24(19-10-6-3-7-11-19)21(25)16-29-22(26)17-12-14-20(15-13-17)30(27,28)23-18-8-4-2-5-9-18/h2-15,23H,16H2,1H3. The van der Waals surface area contributed by atoms with Gasteiger partial charge in [0.05, 0.1) is 10.5 Å².